The molecule has 0 atom stereocenters. The Kier molecular flexibility index (Phi) is 11.0. The van der Waals surface area contributed by atoms with Crippen molar-refractivity contribution < 1.29 is 80.2 Å². The third-order valence-corrected chi connectivity index (χ3v) is 10.8. The second-order valence-corrected chi connectivity index (χ2v) is 16.7. The van der Waals surface area contributed by atoms with Gasteiger partial charge in [0.05, 0.1) is 16.0 Å². The van der Waals surface area contributed by atoms with Crippen LogP contribution in [0.5, 0.6) is 11.5 Å². The van der Waals surface area contributed by atoms with E-state index in [-0.39, 0.29) is 0 Å². The first-order valence-corrected chi connectivity index (χ1v) is 20.3. The van der Waals surface area contributed by atoms with Crippen molar-refractivity contribution in [2.75, 3.05) is 0 Å². The first-order valence-electron chi connectivity index (χ1n) is 14.5. The normalized spacial score (nSPS) is 13.3. The molecule has 0 bridgehead atoms. The lowest BCUT2D eigenvalue weighted by molar-refractivity contribution is -0.385. The highest BCUT2D eigenvalue weighted by Crippen LogP contribution is 2.50. The maximum atomic E-state index is 13.2. The van der Waals surface area contributed by atoms with Crippen LogP contribution >= 0.6 is 0 Å². The molecule has 0 saturated heterocycles. The summed E-state index contributed by atoms with van der Waals surface area (Å²) in [5.41, 5.74) is -10.4. The highest BCUT2D eigenvalue weighted by atomic mass is 32.2. The second kappa shape index (κ2) is 15.0. The molecular formula is C26H16F3N9O17S4. The van der Waals surface area contributed by atoms with Crippen LogP contribution in [-0.2, 0) is 46.6 Å². The Morgan fingerprint density at radius 2 is 1.03 bits per heavy atom. The van der Waals surface area contributed by atoms with Crippen LogP contribution in [0.15, 0.2) is 104 Å². The number of H-pyrrole nitrogens is 2. The lowest BCUT2D eigenvalue weighted by Gasteiger charge is -2.13. The number of non-ortho nitro benzene ring substituents is 1. The molecule has 5 aromatic rings. The Bertz CT molecular complexity index is 3240. The largest absolute Gasteiger partial charge is 0.505 e. The van der Waals surface area contributed by atoms with Gasteiger partial charge in [0.15, 0.2) is 22.9 Å². The molecule has 1 heterocycles. The van der Waals surface area contributed by atoms with E-state index in [0.717, 1.165) is 6.07 Å². The molecule has 26 nitrogen and oxygen atoms in total. The van der Waals surface area contributed by atoms with Crippen LogP contribution in [0.1, 0.15) is 5.69 Å². The number of hydrogen-bond donors (Lipinski definition) is 8. The topological polar surface area (TPSA) is 424 Å². The number of fused-ring (bicyclic) bond motifs is 1. The van der Waals surface area contributed by atoms with Crippen molar-refractivity contribution in [1.29, 1.82) is 0 Å². The number of aromatic hydroxyl groups is 2. The molecule has 0 saturated carbocycles. The first kappa shape index (κ1) is 43.5. The van der Waals surface area contributed by atoms with Gasteiger partial charge >= 0.3 is 6.18 Å². The number of azo groups is 3. The maximum absolute atomic E-state index is 13.2. The molecule has 0 spiro atoms. The molecule has 0 fully saturated rings. The number of aromatic amines is 2. The van der Waals surface area contributed by atoms with Gasteiger partial charge in [0.25, 0.3) is 51.7 Å². The van der Waals surface area contributed by atoms with E-state index in [1.165, 1.54) is 5.10 Å². The molecule has 0 radical (unpaired) electrons. The summed E-state index contributed by atoms with van der Waals surface area (Å²) in [7, 11) is -21.8. The zero-order valence-electron chi connectivity index (χ0n) is 27.7. The van der Waals surface area contributed by atoms with Gasteiger partial charge in [-0.1, -0.05) is 0 Å². The molecule has 5 rings (SSSR count). The Balaban J connectivity index is 1.71. The van der Waals surface area contributed by atoms with Crippen LogP contribution in [-0.4, -0.2) is 77.2 Å². The van der Waals surface area contributed by atoms with Crippen LogP contribution in [0.2, 0.25) is 0 Å². The predicted molar refractivity (Wildman–Crippen MR) is 185 cm³/mol. The third-order valence-electron chi connectivity index (χ3n) is 7.28. The van der Waals surface area contributed by atoms with Crippen LogP contribution < -0.4 is 5.56 Å². The monoisotopic (exact) mass is 911 g/mol. The van der Waals surface area contributed by atoms with E-state index in [1.54, 1.807) is 5.10 Å². The van der Waals surface area contributed by atoms with Gasteiger partial charge in [-0.05, 0) is 41.8 Å². The van der Waals surface area contributed by atoms with Crippen LogP contribution in [0.3, 0.4) is 0 Å². The van der Waals surface area contributed by atoms with E-state index in [1.807, 2.05) is 0 Å². The number of nitro groups is 1. The molecule has 1 aromatic heterocycles. The van der Waals surface area contributed by atoms with Crippen LogP contribution in [0.4, 0.5) is 53.0 Å². The highest BCUT2D eigenvalue weighted by molar-refractivity contribution is 7.86. The summed E-state index contributed by atoms with van der Waals surface area (Å²) in [6.45, 7) is 0. The van der Waals surface area contributed by atoms with Gasteiger partial charge in [-0.15, -0.1) is 25.6 Å². The number of nitro benzene ring substituents is 1. The molecule has 4 aromatic carbocycles. The summed E-state index contributed by atoms with van der Waals surface area (Å²) in [6.07, 6.45) is -5.13. The van der Waals surface area contributed by atoms with Crippen molar-refractivity contribution in [1.82, 2.24) is 10.2 Å². The highest BCUT2D eigenvalue weighted by Gasteiger charge is 2.37. The number of nitrogens with one attached hydrogen (secondary N) is 2. The van der Waals surface area contributed by atoms with Gasteiger partial charge in [0.2, 0.25) is 0 Å². The molecule has 59 heavy (non-hydrogen) atoms. The zero-order valence-corrected chi connectivity index (χ0v) is 31.0. The Morgan fingerprint density at radius 1 is 0.593 bits per heavy atom. The quantitative estimate of drug-likeness (QED) is 0.0354. The Hall–Kier alpha value is -6.62. The fraction of sp³-hybridized carbons (Fsp3) is 0.0385. The maximum Gasteiger partial charge on any atom is 0.435 e. The summed E-state index contributed by atoms with van der Waals surface area (Å²) in [4.78, 5) is 16.4. The Labute approximate surface area is 323 Å². The van der Waals surface area contributed by atoms with Crippen LogP contribution in [0, 0.1) is 10.1 Å². The number of halogens is 3. The lowest BCUT2D eigenvalue weighted by atomic mass is 10.1. The fourth-order valence-electron chi connectivity index (χ4n) is 4.77. The van der Waals surface area contributed by atoms with Gasteiger partial charge in [0, 0.05) is 12.1 Å². The van der Waals surface area contributed by atoms with Crippen molar-refractivity contribution in [3.63, 3.8) is 0 Å². The number of aromatic nitrogens is 2. The zero-order chi connectivity index (χ0) is 44.2. The molecule has 0 unspecified atom stereocenters. The van der Waals surface area contributed by atoms with Gasteiger partial charge in [0.1, 0.15) is 42.3 Å². The minimum atomic E-state index is -5.57. The molecule has 312 valence electrons. The SMILES string of the molecule is O=c1[nH][nH]c(C(F)(F)F)c1N=Nc1ccc(N=Nc2c(S(=O)(=O)O)cc3cc(S(=O)(=O)O)c(N=Nc4ccc([N+](=O)[O-])cc4S(=O)(=O)O)c(O)c3c2O)c(S(=O)(=O)O)c1. The molecule has 0 amide bonds. The average Bonchev–Trinajstić information content (AvgIpc) is 3.48. The van der Waals surface area contributed by atoms with E-state index in [2.05, 4.69) is 30.7 Å². The van der Waals surface area contributed by atoms with E-state index in [4.69, 9.17) is 0 Å². The van der Waals surface area contributed by atoms with E-state index < -0.39 is 144 Å². The van der Waals surface area contributed by atoms with E-state index in [0.29, 0.717) is 42.5 Å². The number of hydrogen-bond acceptors (Lipinski definition) is 19. The lowest BCUT2D eigenvalue weighted by Crippen LogP contribution is -2.06. The summed E-state index contributed by atoms with van der Waals surface area (Å²) >= 11 is 0. The van der Waals surface area contributed by atoms with Gasteiger partial charge in [-0.2, -0.15) is 52.0 Å². The van der Waals surface area contributed by atoms with Crippen molar-refractivity contribution in [2.45, 2.75) is 25.8 Å². The minimum Gasteiger partial charge on any atom is -0.505 e. The summed E-state index contributed by atoms with van der Waals surface area (Å²) in [5, 5.41) is 54.7. The average molecular weight is 912 g/mol. The summed E-state index contributed by atoms with van der Waals surface area (Å²) in [5.74, 6) is -3.05. The van der Waals surface area contributed by atoms with Gasteiger partial charge < -0.3 is 10.2 Å². The Morgan fingerprint density at radius 3 is 1.47 bits per heavy atom. The fourth-order valence-corrected chi connectivity index (χ4v) is 7.38. The van der Waals surface area contributed by atoms with Crippen molar-refractivity contribution in [3.8, 4) is 11.5 Å². The van der Waals surface area contributed by atoms with Crippen molar-refractivity contribution >= 4 is 91.1 Å². The van der Waals surface area contributed by atoms with Gasteiger partial charge in [-0.25, -0.2) is 0 Å². The number of alkyl halides is 3. The standard InChI is InChI=1S/C26H16F3N9O17S4/c27-26(28,29)24-21(25(41)37-36-24)35-30-10-1-3-12(14(7-10)56(44,45)46)31-33-19-16(58(50,51)52)5-9-6-17(59(53,54)55)20(23(40)18(9)22(19)39)34-32-13-4-2-11(38(42)43)8-15(13)57(47,48)49/h1-8,39-40H,(H2,36,37,41)(H,44,45,46)(H,47,48,49)(H,50,51,52)(H,53,54,55). The smallest absolute Gasteiger partial charge is 0.435 e. The molecular weight excluding hydrogens is 896 g/mol. The minimum absolute atomic E-state index is 0.317. The number of nitrogens with zero attached hydrogens (tertiary/aromatic N) is 7. The van der Waals surface area contributed by atoms with Gasteiger partial charge in [-0.3, -0.25) is 43.3 Å². The molecule has 33 heteroatoms. The molecule has 0 aliphatic carbocycles. The number of rotatable bonds is 11. The van der Waals surface area contributed by atoms with Crippen molar-refractivity contribution in [3.05, 3.63) is 74.7 Å². The predicted octanol–water partition coefficient (Wildman–Crippen LogP) is 5.43. The first-order chi connectivity index (χ1) is 27.0. The number of benzene rings is 4. The summed E-state index contributed by atoms with van der Waals surface area (Å²) < 4.78 is 176. The third kappa shape index (κ3) is 9.09. The van der Waals surface area contributed by atoms with E-state index >= 15 is 0 Å². The second-order valence-electron chi connectivity index (χ2n) is 11.1. The van der Waals surface area contributed by atoms with Crippen LogP contribution in [0.25, 0.3) is 10.8 Å². The summed E-state index contributed by atoms with van der Waals surface area (Å²) in [6, 6.07) is 4.13. The molecule has 8 N–H and O–H groups in total. The number of phenolic OH excluding ortho intramolecular Hbond substituents is 2. The molecule has 0 aliphatic heterocycles. The molecule has 0 aliphatic rings. The number of phenols is 2. The van der Waals surface area contributed by atoms with E-state index in [9.17, 15) is 90.2 Å². The van der Waals surface area contributed by atoms with Crippen molar-refractivity contribution in [2.24, 2.45) is 30.7 Å².